The zero-order valence-corrected chi connectivity index (χ0v) is 16.4. The van der Waals surface area contributed by atoms with Crippen LogP contribution in [0.25, 0.3) is 10.2 Å². The molecule has 0 saturated carbocycles. The number of hydrogen-bond donors (Lipinski definition) is 2. The molecule has 27 heavy (non-hydrogen) atoms. The molecular weight excluding hydrogens is 391 g/mol. The van der Waals surface area contributed by atoms with Crippen LogP contribution in [0, 0.1) is 19.7 Å². The van der Waals surface area contributed by atoms with Crippen molar-refractivity contribution in [3.05, 3.63) is 61.2 Å². The van der Waals surface area contributed by atoms with E-state index < -0.39 is 11.7 Å². The number of aryl methyl sites for hydroxylation is 2. The van der Waals surface area contributed by atoms with Gasteiger partial charge in [0.25, 0.3) is 5.56 Å². The number of hydrogen-bond acceptors (Lipinski definition) is 5. The Kier molecular flexibility index (Phi) is 5.38. The van der Waals surface area contributed by atoms with E-state index in [1.165, 1.54) is 29.5 Å². The SMILES string of the molecule is C/C(=N/NC(=O)Cc1nc2sc(C)c(C)c2c(=O)[nH]1)c1ccc(F)cc1Cl. The van der Waals surface area contributed by atoms with E-state index in [9.17, 15) is 14.0 Å². The van der Waals surface area contributed by atoms with Crippen molar-refractivity contribution < 1.29 is 9.18 Å². The van der Waals surface area contributed by atoms with Crippen LogP contribution < -0.4 is 11.0 Å². The minimum Gasteiger partial charge on any atom is -0.309 e. The van der Waals surface area contributed by atoms with Gasteiger partial charge in [0.15, 0.2) is 0 Å². The molecule has 0 aliphatic rings. The molecule has 0 unspecified atom stereocenters. The van der Waals surface area contributed by atoms with Crippen LogP contribution in [0.1, 0.15) is 28.8 Å². The van der Waals surface area contributed by atoms with Crippen LogP contribution in [-0.4, -0.2) is 21.6 Å². The van der Waals surface area contributed by atoms with Gasteiger partial charge in [-0.3, -0.25) is 9.59 Å². The number of halogens is 2. The van der Waals surface area contributed by atoms with Crippen LogP contribution in [0.5, 0.6) is 0 Å². The number of carbonyl (C=O) groups is 1. The number of nitrogens with one attached hydrogen (secondary N) is 2. The molecule has 2 N–H and O–H groups in total. The topological polar surface area (TPSA) is 87.2 Å². The molecule has 0 fully saturated rings. The number of carbonyl (C=O) groups excluding carboxylic acids is 1. The van der Waals surface area contributed by atoms with E-state index in [0.717, 1.165) is 10.4 Å². The predicted octanol–water partition coefficient (Wildman–Crippen LogP) is 3.48. The third-order valence-electron chi connectivity index (χ3n) is 4.09. The predicted molar refractivity (Wildman–Crippen MR) is 105 cm³/mol. The Hall–Kier alpha value is -2.58. The Morgan fingerprint density at radius 1 is 1.41 bits per heavy atom. The zero-order chi connectivity index (χ0) is 19.7. The normalized spacial score (nSPS) is 11.8. The smallest absolute Gasteiger partial charge is 0.259 e. The van der Waals surface area contributed by atoms with Crippen molar-refractivity contribution in [2.24, 2.45) is 5.10 Å². The summed E-state index contributed by atoms with van der Waals surface area (Å²) in [6.45, 7) is 5.43. The monoisotopic (exact) mass is 406 g/mol. The highest BCUT2D eigenvalue weighted by Crippen LogP contribution is 2.25. The first-order valence-electron chi connectivity index (χ1n) is 8.03. The first-order chi connectivity index (χ1) is 12.8. The van der Waals surface area contributed by atoms with Crippen LogP contribution in [0.3, 0.4) is 0 Å². The van der Waals surface area contributed by atoms with Crippen LogP contribution in [0.15, 0.2) is 28.1 Å². The summed E-state index contributed by atoms with van der Waals surface area (Å²) in [5, 5.41) is 4.73. The fourth-order valence-corrected chi connectivity index (χ4v) is 3.92. The van der Waals surface area contributed by atoms with E-state index in [2.05, 4.69) is 20.5 Å². The average molecular weight is 407 g/mol. The second kappa shape index (κ2) is 7.58. The summed E-state index contributed by atoms with van der Waals surface area (Å²) in [6, 6.07) is 3.92. The summed E-state index contributed by atoms with van der Waals surface area (Å²) in [5.41, 5.74) is 3.97. The fraction of sp³-hybridized carbons (Fsp3) is 0.222. The Morgan fingerprint density at radius 3 is 2.85 bits per heavy atom. The molecule has 140 valence electrons. The van der Waals surface area contributed by atoms with Crippen molar-refractivity contribution in [2.45, 2.75) is 27.2 Å². The highest BCUT2D eigenvalue weighted by Gasteiger charge is 2.14. The minimum atomic E-state index is -0.454. The molecule has 0 bridgehead atoms. The fourth-order valence-electron chi connectivity index (χ4n) is 2.56. The molecule has 0 atom stereocenters. The Morgan fingerprint density at radius 2 is 2.15 bits per heavy atom. The quantitative estimate of drug-likeness (QED) is 0.513. The summed E-state index contributed by atoms with van der Waals surface area (Å²) >= 11 is 7.39. The molecule has 9 heteroatoms. The van der Waals surface area contributed by atoms with Gasteiger partial charge in [0.1, 0.15) is 16.5 Å². The van der Waals surface area contributed by atoms with Gasteiger partial charge >= 0.3 is 0 Å². The lowest BCUT2D eigenvalue weighted by Crippen LogP contribution is -2.24. The number of benzene rings is 1. The van der Waals surface area contributed by atoms with Crippen molar-refractivity contribution in [1.82, 2.24) is 15.4 Å². The van der Waals surface area contributed by atoms with Gasteiger partial charge < -0.3 is 4.98 Å². The lowest BCUT2D eigenvalue weighted by Gasteiger charge is -2.05. The molecule has 0 aliphatic carbocycles. The number of nitrogens with zero attached hydrogens (tertiary/aromatic N) is 2. The van der Waals surface area contributed by atoms with Crippen LogP contribution in [0.4, 0.5) is 4.39 Å². The molecule has 0 radical (unpaired) electrons. The Bertz CT molecular complexity index is 1140. The lowest BCUT2D eigenvalue weighted by atomic mass is 10.1. The van der Waals surface area contributed by atoms with E-state index in [4.69, 9.17) is 11.6 Å². The maximum atomic E-state index is 13.1. The summed E-state index contributed by atoms with van der Waals surface area (Å²) in [6.07, 6.45) is -0.130. The van der Waals surface area contributed by atoms with E-state index in [-0.39, 0.29) is 22.8 Å². The van der Waals surface area contributed by atoms with E-state index in [0.29, 0.717) is 21.5 Å². The first kappa shape index (κ1) is 19.2. The Labute approximate surface area is 163 Å². The minimum absolute atomic E-state index is 0.130. The highest BCUT2D eigenvalue weighted by atomic mass is 35.5. The van der Waals surface area contributed by atoms with E-state index in [1.807, 2.05) is 13.8 Å². The molecular formula is C18H16ClFN4O2S. The summed E-state index contributed by atoms with van der Waals surface area (Å²) < 4.78 is 13.1. The molecule has 1 amide bonds. The maximum absolute atomic E-state index is 13.1. The van der Waals surface area contributed by atoms with Crippen LogP contribution in [0.2, 0.25) is 5.02 Å². The third-order valence-corrected chi connectivity index (χ3v) is 5.50. The molecule has 6 nitrogen and oxygen atoms in total. The molecule has 2 heterocycles. The molecule has 3 rings (SSSR count). The number of thiophene rings is 1. The largest absolute Gasteiger partial charge is 0.309 e. The van der Waals surface area contributed by atoms with Crippen molar-refractivity contribution in [3.63, 3.8) is 0 Å². The lowest BCUT2D eigenvalue weighted by molar-refractivity contribution is -0.120. The van der Waals surface area contributed by atoms with Crippen molar-refractivity contribution >= 4 is 44.8 Å². The molecule has 2 aromatic heterocycles. The summed E-state index contributed by atoms with van der Waals surface area (Å²) in [4.78, 5) is 33.0. The highest BCUT2D eigenvalue weighted by molar-refractivity contribution is 7.18. The molecule has 1 aromatic carbocycles. The second-order valence-electron chi connectivity index (χ2n) is 6.01. The van der Waals surface area contributed by atoms with E-state index in [1.54, 1.807) is 6.92 Å². The third kappa shape index (κ3) is 4.06. The average Bonchev–Trinajstić information content (AvgIpc) is 2.87. The number of aromatic nitrogens is 2. The Balaban J connectivity index is 1.76. The second-order valence-corrected chi connectivity index (χ2v) is 7.62. The summed E-state index contributed by atoms with van der Waals surface area (Å²) in [7, 11) is 0. The number of rotatable bonds is 4. The molecule has 0 aliphatic heterocycles. The van der Waals surface area contributed by atoms with Gasteiger partial charge in [-0.15, -0.1) is 11.3 Å². The number of aromatic amines is 1. The van der Waals surface area contributed by atoms with Crippen molar-refractivity contribution in [2.75, 3.05) is 0 Å². The van der Waals surface area contributed by atoms with Crippen molar-refractivity contribution in [1.29, 1.82) is 0 Å². The van der Waals surface area contributed by atoms with Gasteiger partial charge in [0, 0.05) is 10.4 Å². The zero-order valence-electron chi connectivity index (χ0n) is 14.8. The molecule has 3 aromatic rings. The molecule has 0 spiro atoms. The molecule has 0 saturated heterocycles. The van der Waals surface area contributed by atoms with Gasteiger partial charge in [-0.05, 0) is 44.5 Å². The van der Waals surface area contributed by atoms with Crippen LogP contribution >= 0.6 is 22.9 Å². The van der Waals surface area contributed by atoms with Crippen molar-refractivity contribution in [3.8, 4) is 0 Å². The maximum Gasteiger partial charge on any atom is 0.259 e. The van der Waals surface area contributed by atoms with Gasteiger partial charge in [0.05, 0.1) is 22.5 Å². The van der Waals surface area contributed by atoms with Crippen LogP contribution in [-0.2, 0) is 11.2 Å². The number of fused-ring (bicyclic) bond motifs is 1. The van der Waals surface area contributed by atoms with Gasteiger partial charge in [0.2, 0.25) is 5.91 Å². The standard InChI is InChI=1S/C18H16ClFN4O2S/c1-8-10(3)27-18-16(8)17(26)21-14(22-18)7-15(25)24-23-9(2)12-5-4-11(20)6-13(12)19/h4-6H,7H2,1-3H3,(H,24,25)(H,21,22,26)/b23-9-. The number of H-pyrrole nitrogens is 1. The number of amides is 1. The van der Waals surface area contributed by atoms with Gasteiger partial charge in [-0.2, -0.15) is 5.10 Å². The number of hydrazone groups is 1. The van der Waals surface area contributed by atoms with Gasteiger partial charge in [-0.1, -0.05) is 11.6 Å². The van der Waals surface area contributed by atoms with Gasteiger partial charge in [-0.25, -0.2) is 14.8 Å². The first-order valence-corrected chi connectivity index (χ1v) is 9.23. The van der Waals surface area contributed by atoms with E-state index >= 15 is 0 Å². The summed E-state index contributed by atoms with van der Waals surface area (Å²) in [5.74, 6) is -0.635.